The first-order chi connectivity index (χ1) is 3.81. The largest absolute Gasteiger partial charge is 0.362 e. The van der Waals surface area contributed by atoms with Crippen LogP contribution >= 0.6 is 0 Å². The first kappa shape index (κ1) is 7.21. The maximum absolute atomic E-state index is 3.81. The van der Waals surface area contributed by atoms with Gasteiger partial charge in [-0.1, -0.05) is 6.08 Å². The number of hydrogen-bond donors (Lipinski definition) is 0. The summed E-state index contributed by atoms with van der Waals surface area (Å²) in [5.41, 5.74) is 0. The third-order valence-electron chi connectivity index (χ3n) is 0.730. The van der Waals surface area contributed by atoms with Gasteiger partial charge in [0.15, 0.2) is 0 Å². The molecular weight excluding hydrogens is 100 g/mol. The Labute approximate surface area is 50.5 Å². The molecule has 0 aliphatic heterocycles. The van der Waals surface area contributed by atoms with E-state index in [9.17, 15) is 0 Å². The summed E-state index contributed by atoms with van der Waals surface area (Å²) < 4.78 is 0. The van der Waals surface area contributed by atoms with E-state index in [1.54, 1.807) is 13.4 Å². The molecule has 0 spiro atoms. The molecule has 0 aromatic heterocycles. The molecule has 0 unspecified atom stereocenters. The molecule has 0 fully saturated rings. The Morgan fingerprint density at radius 1 is 1.75 bits per heavy atom. The van der Waals surface area contributed by atoms with E-state index in [2.05, 4.69) is 11.6 Å². The topological polar surface area (TPSA) is 15.6 Å². The van der Waals surface area contributed by atoms with Crippen LogP contribution < -0.4 is 0 Å². The average Bonchev–Trinajstić information content (AvgIpc) is 1.68. The number of rotatable bonds is 3. The van der Waals surface area contributed by atoms with Gasteiger partial charge in [-0.05, 0) is 0 Å². The quantitative estimate of drug-likeness (QED) is 0.299. The predicted molar refractivity (Wildman–Crippen MR) is 37.2 cm³/mol. The fraction of sp³-hybridized carbons (Fsp3) is 0.500. The molecular formula is C6H12N2. The highest BCUT2D eigenvalue weighted by atomic mass is 15.1. The molecule has 0 radical (unpaired) electrons. The Kier molecular flexibility index (Phi) is 3.94. The Morgan fingerprint density at radius 3 is 2.75 bits per heavy atom. The second-order valence-corrected chi connectivity index (χ2v) is 1.60. The fourth-order valence-corrected chi connectivity index (χ4v) is 0.448. The van der Waals surface area contributed by atoms with E-state index in [1.165, 1.54) is 0 Å². The third-order valence-corrected chi connectivity index (χ3v) is 0.730. The van der Waals surface area contributed by atoms with Crippen LogP contribution in [0.2, 0.25) is 0 Å². The highest BCUT2D eigenvalue weighted by molar-refractivity contribution is 5.54. The molecule has 0 aromatic rings. The Bertz CT molecular complexity index is 86.5. The van der Waals surface area contributed by atoms with Crippen LogP contribution in [0.15, 0.2) is 17.6 Å². The monoisotopic (exact) mass is 112 g/mol. The lowest BCUT2D eigenvalue weighted by Gasteiger charge is -2.06. The summed E-state index contributed by atoms with van der Waals surface area (Å²) in [6.07, 6.45) is 3.60. The summed E-state index contributed by atoms with van der Waals surface area (Å²) in [6, 6.07) is 0. The minimum absolute atomic E-state index is 0.858. The highest BCUT2D eigenvalue weighted by Crippen LogP contribution is 1.73. The molecule has 0 bridgehead atoms. The molecule has 0 saturated heterocycles. The lowest BCUT2D eigenvalue weighted by atomic mass is 10.6. The van der Waals surface area contributed by atoms with Gasteiger partial charge in [-0.15, -0.1) is 6.58 Å². The summed E-state index contributed by atoms with van der Waals surface area (Å²) in [6.45, 7) is 4.44. The lowest BCUT2D eigenvalue weighted by molar-refractivity contribution is 0.581. The molecule has 0 aliphatic carbocycles. The van der Waals surface area contributed by atoms with Crippen molar-refractivity contribution in [2.45, 2.75) is 0 Å². The van der Waals surface area contributed by atoms with E-state index < -0.39 is 0 Å². The standard InChI is InChI=1S/C6H12N2/c1-4-5-8(3)6-7-2/h4,6H,1,5H2,2-3H3/b7-6+. The first-order valence-corrected chi connectivity index (χ1v) is 2.54. The minimum atomic E-state index is 0.858. The highest BCUT2D eigenvalue weighted by Gasteiger charge is 1.80. The van der Waals surface area contributed by atoms with Crippen LogP contribution in [0.4, 0.5) is 0 Å². The minimum Gasteiger partial charge on any atom is -0.362 e. The number of hydrogen-bond acceptors (Lipinski definition) is 1. The van der Waals surface area contributed by atoms with Gasteiger partial charge in [0.25, 0.3) is 0 Å². The van der Waals surface area contributed by atoms with Crippen LogP contribution in [-0.2, 0) is 0 Å². The molecule has 0 aromatic carbocycles. The number of nitrogens with zero attached hydrogens (tertiary/aromatic N) is 2. The summed E-state index contributed by atoms with van der Waals surface area (Å²) in [5.74, 6) is 0. The van der Waals surface area contributed by atoms with Crippen LogP contribution in [0.1, 0.15) is 0 Å². The zero-order chi connectivity index (χ0) is 6.41. The molecule has 0 saturated carbocycles. The van der Waals surface area contributed by atoms with E-state index >= 15 is 0 Å². The van der Waals surface area contributed by atoms with Gasteiger partial charge in [0.2, 0.25) is 0 Å². The van der Waals surface area contributed by atoms with Gasteiger partial charge in [-0.25, -0.2) is 0 Å². The van der Waals surface area contributed by atoms with Crippen molar-refractivity contribution in [3.05, 3.63) is 12.7 Å². The maximum atomic E-state index is 3.81. The lowest BCUT2D eigenvalue weighted by Crippen LogP contribution is -2.14. The third kappa shape index (κ3) is 3.40. The molecule has 2 heteroatoms. The average molecular weight is 112 g/mol. The Hall–Kier alpha value is -0.790. The van der Waals surface area contributed by atoms with E-state index in [4.69, 9.17) is 0 Å². The van der Waals surface area contributed by atoms with Gasteiger partial charge in [0, 0.05) is 20.6 Å². The zero-order valence-corrected chi connectivity index (χ0v) is 5.46. The number of likely N-dealkylation sites (N-methyl/N-ethyl adjacent to an activating group) is 1. The van der Waals surface area contributed by atoms with E-state index in [1.807, 2.05) is 18.0 Å². The van der Waals surface area contributed by atoms with Crippen LogP contribution in [-0.4, -0.2) is 31.9 Å². The van der Waals surface area contributed by atoms with Crippen LogP contribution in [0, 0.1) is 0 Å². The van der Waals surface area contributed by atoms with Crippen molar-refractivity contribution < 1.29 is 0 Å². The van der Waals surface area contributed by atoms with E-state index in [0.717, 1.165) is 6.54 Å². The smallest absolute Gasteiger partial charge is 0.0846 e. The second kappa shape index (κ2) is 4.37. The SMILES string of the molecule is C=CCN(C)/C=N/C. The normalized spacial score (nSPS) is 9.75. The molecule has 0 heterocycles. The first-order valence-electron chi connectivity index (χ1n) is 2.54. The predicted octanol–water partition coefficient (Wildman–Crippen LogP) is 0.762. The van der Waals surface area contributed by atoms with Crippen molar-refractivity contribution in [1.29, 1.82) is 0 Å². The van der Waals surface area contributed by atoms with Crippen LogP contribution in [0.5, 0.6) is 0 Å². The van der Waals surface area contributed by atoms with Crippen molar-refractivity contribution in [2.75, 3.05) is 20.6 Å². The molecule has 0 amide bonds. The van der Waals surface area contributed by atoms with E-state index in [0.29, 0.717) is 0 Å². The van der Waals surface area contributed by atoms with Crippen molar-refractivity contribution in [1.82, 2.24) is 4.90 Å². The van der Waals surface area contributed by atoms with Crippen molar-refractivity contribution in [2.24, 2.45) is 4.99 Å². The van der Waals surface area contributed by atoms with Gasteiger partial charge in [0.05, 0.1) is 6.34 Å². The Balaban J connectivity index is 3.31. The van der Waals surface area contributed by atoms with Gasteiger partial charge in [0.1, 0.15) is 0 Å². The molecule has 2 nitrogen and oxygen atoms in total. The fourth-order valence-electron chi connectivity index (χ4n) is 0.448. The summed E-state index contributed by atoms with van der Waals surface area (Å²) >= 11 is 0. The van der Waals surface area contributed by atoms with Crippen molar-refractivity contribution in [3.8, 4) is 0 Å². The number of aliphatic imine (C=N–C) groups is 1. The van der Waals surface area contributed by atoms with Crippen LogP contribution in [0.25, 0.3) is 0 Å². The molecule has 8 heavy (non-hydrogen) atoms. The van der Waals surface area contributed by atoms with Gasteiger partial charge >= 0.3 is 0 Å². The van der Waals surface area contributed by atoms with Gasteiger partial charge < -0.3 is 4.90 Å². The molecule has 0 atom stereocenters. The molecule has 0 N–H and O–H groups in total. The van der Waals surface area contributed by atoms with E-state index in [-0.39, 0.29) is 0 Å². The second-order valence-electron chi connectivity index (χ2n) is 1.60. The summed E-state index contributed by atoms with van der Waals surface area (Å²) in [4.78, 5) is 5.76. The zero-order valence-electron chi connectivity index (χ0n) is 5.46. The molecule has 0 aliphatic rings. The van der Waals surface area contributed by atoms with Crippen molar-refractivity contribution >= 4 is 6.34 Å². The van der Waals surface area contributed by atoms with Gasteiger partial charge in [-0.2, -0.15) is 0 Å². The molecule has 46 valence electrons. The van der Waals surface area contributed by atoms with Crippen LogP contribution in [0.3, 0.4) is 0 Å². The Morgan fingerprint density at radius 2 is 2.38 bits per heavy atom. The maximum Gasteiger partial charge on any atom is 0.0846 e. The van der Waals surface area contributed by atoms with Gasteiger partial charge in [-0.3, -0.25) is 4.99 Å². The summed E-state index contributed by atoms with van der Waals surface area (Å²) in [5, 5.41) is 0. The molecule has 0 rings (SSSR count). The summed E-state index contributed by atoms with van der Waals surface area (Å²) in [7, 11) is 3.70. The van der Waals surface area contributed by atoms with Crippen molar-refractivity contribution in [3.63, 3.8) is 0 Å².